The number of hydrogen-bond acceptors (Lipinski definition) is 5. The number of carboxylic acids is 1. The second-order valence-corrected chi connectivity index (χ2v) is 9.18. The Labute approximate surface area is 169 Å². The Morgan fingerprint density at radius 2 is 2.07 bits per heavy atom. The van der Waals surface area contributed by atoms with Gasteiger partial charge in [-0.05, 0) is 75.8 Å². The van der Waals surface area contributed by atoms with E-state index >= 15 is 0 Å². The zero-order valence-corrected chi connectivity index (χ0v) is 17.2. The van der Waals surface area contributed by atoms with Crippen molar-refractivity contribution in [3.05, 3.63) is 11.6 Å². The topological polar surface area (TPSA) is 92.9 Å². The van der Waals surface area contributed by atoms with Gasteiger partial charge in [-0.15, -0.1) is 0 Å². The van der Waals surface area contributed by atoms with Crippen LogP contribution in [0.25, 0.3) is 11.2 Å². The summed E-state index contributed by atoms with van der Waals surface area (Å²) in [7, 11) is 0. The number of carbonyl (C=O) groups is 1. The maximum Gasteiger partial charge on any atom is 0.309 e. The minimum absolute atomic E-state index is 0.205. The van der Waals surface area contributed by atoms with E-state index < -0.39 is 11.4 Å². The molecule has 0 unspecified atom stereocenters. The smallest absolute Gasteiger partial charge is 0.309 e. The summed E-state index contributed by atoms with van der Waals surface area (Å²) >= 11 is 6.13. The van der Waals surface area contributed by atoms with Gasteiger partial charge in [0.25, 0.3) is 0 Å². The van der Waals surface area contributed by atoms with Crippen LogP contribution in [-0.4, -0.2) is 36.6 Å². The zero-order valence-electron chi connectivity index (χ0n) is 16.5. The summed E-state index contributed by atoms with van der Waals surface area (Å²) in [5.74, 6) is 1.17. The summed E-state index contributed by atoms with van der Waals surface area (Å²) in [5, 5.41) is 13.2. The fourth-order valence-electron chi connectivity index (χ4n) is 4.45. The number of halogens is 1. The van der Waals surface area contributed by atoms with Crippen LogP contribution in [0.4, 0.5) is 5.82 Å². The fraction of sp³-hybridized carbons (Fsp3) is 0.700. The van der Waals surface area contributed by atoms with Crippen LogP contribution >= 0.6 is 11.6 Å². The summed E-state index contributed by atoms with van der Waals surface area (Å²) in [5.41, 5.74) is 0.909. The molecule has 1 atom stereocenters. The summed E-state index contributed by atoms with van der Waals surface area (Å²) in [6.07, 6.45) is 8.83. The van der Waals surface area contributed by atoms with Crippen molar-refractivity contribution < 1.29 is 9.90 Å². The number of aromatic nitrogens is 4. The van der Waals surface area contributed by atoms with E-state index in [0.29, 0.717) is 36.4 Å². The van der Waals surface area contributed by atoms with Crippen molar-refractivity contribution >= 4 is 34.6 Å². The van der Waals surface area contributed by atoms with Crippen LogP contribution in [-0.2, 0) is 11.3 Å². The highest BCUT2D eigenvalue weighted by molar-refractivity contribution is 6.28. The number of aliphatic carboxylic acids is 1. The Bertz CT molecular complexity index is 871. The molecular weight excluding hydrogens is 378 g/mol. The van der Waals surface area contributed by atoms with E-state index in [2.05, 4.69) is 31.8 Å². The van der Waals surface area contributed by atoms with Crippen molar-refractivity contribution in [1.29, 1.82) is 0 Å². The van der Waals surface area contributed by atoms with Gasteiger partial charge >= 0.3 is 5.97 Å². The van der Waals surface area contributed by atoms with E-state index in [9.17, 15) is 9.90 Å². The SMILES string of the molecule is C[C@@H](Nc1nc(Cl)nc2ncn(C[C@H]3CC[C@](C)(C(=O)O)CC3)c12)C1CCC1. The van der Waals surface area contributed by atoms with Crippen molar-refractivity contribution in [2.45, 2.75) is 71.4 Å². The highest BCUT2D eigenvalue weighted by Crippen LogP contribution is 2.40. The molecule has 2 heterocycles. The number of nitrogens with zero attached hydrogens (tertiary/aromatic N) is 4. The molecule has 2 aliphatic rings. The van der Waals surface area contributed by atoms with Gasteiger partial charge in [-0.2, -0.15) is 9.97 Å². The number of rotatable bonds is 6. The van der Waals surface area contributed by atoms with Crippen molar-refractivity contribution in [3.63, 3.8) is 0 Å². The average Bonchev–Trinajstić information content (AvgIpc) is 2.98. The molecule has 2 fully saturated rings. The first-order valence-corrected chi connectivity index (χ1v) is 10.6. The normalized spacial score (nSPS) is 26.8. The molecule has 0 amide bonds. The van der Waals surface area contributed by atoms with Gasteiger partial charge in [0.05, 0.1) is 11.7 Å². The Balaban J connectivity index is 1.54. The number of nitrogens with one attached hydrogen (secondary N) is 1. The van der Waals surface area contributed by atoms with Gasteiger partial charge in [0, 0.05) is 12.6 Å². The molecule has 0 bridgehead atoms. The third kappa shape index (κ3) is 3.69. The maximum atomic E-state index is 11.5. The highest BCUT2D eigenvalue weighted by Gasteiger charge is 2.37. The predicted octanol–water partition coefficient (Wildman–Crippen LogP) is 4.36. The molecule has 4 rings (SSSR count). The molecule has 2 saturated carbocycles. The van der Waals surface area contributed by atoms with Gasteiger partial charge in [-0.3, -0.25) is 4.79 Å². The average molecular weight is 406 g/mol. The molecule has 2 N–H and O–H groups in total. The molecule has 2 aromatic heterocycles. The number of carboxylic acid groups (broad SMARTS) is 1. The molecule has 2 aromatic rings. The number of fused-ring (bicyclic) bond motifs is 1. The first kappa shape index (κ1) is 19.4. The fourth-order valence-corrected chi connectivity index (χ4v) is 4.62. The van der Waals surface area contributed by atoms with Crippen LogP contribution in [0.15, 0.2) is 6.33 Å². The first-order valence-electron chi connectivity index (χ1n) is 10.2. The number of imidazole rings is 1. The lowest BCUT2D eigenvalue weighted by Gasteiger charge is -2.34. The molecule has 8 heteroatoms. The lowest BCUT2D eigenvalue weighted by atomic mass is 9.72. The maximum absolute atomic E-state index is 11.5. The van der Waals surface area contributed by atoms with E-state index in [1.807, 2.05) is 6.92 Å². The lowest BCUT2D eigenvalue weighted by molar-refractivity contribution is -0.150. The Kier molecular flexibility index (Phi) is 5.21. The second-order valence-electron chi connectivity index (χ2n) is 8.84. The van der Waals surface area contributed by atoms with Crippen LogP contribution in [0.2, 0.25) is 5.28 Å². The van der Waals surface area contributed by atoms with Gasteiger partial charge in [0.2, 0.25) is 5.28 Å². The lowest BCUT2D eigenvalue weighted by Crippen LogP contribution is -2.33. The van der Waals surface area contributed by atoms with Crippen LogP contribution in [0.5, 0.6) is 0 Å². The van der Waals surface area contributed by atoms with E-state index in [1.54, 1.807) is 6.33 Å². The van der Waals surface area contributed by atoms with E-state index in [0.717, 1.165) is 30.7 Å². The third-order valence-corrected chi connectivity index (χ3v) is 7.02. The standard InChI is InChI=1S/C20H28ClN5O2/c1-12(14-4-3-5-14)23-17-15-16(24-19(21)25-17)22-11-26(15)10-13-6-8-20(2,9-7-13)18(27)28/h11-14H,3-10H2,1-2H3,(H,27,28)(H,23,24,25)/t12-,13-,20-/m1/s1. The van der Waals surface area contributed by atoms with Crippen LogP contribution in [0.1, 0.15) is 58.8 Å². The first-order chi connectivity index (χ1) is 13.4. The van der Waals surface area contributed by atoms with Gasteiger partial charge in [0.1, 0.15) is 5.52 Å². The van der Waals surface area contributed by atoms with Gasteiger partial charge < -0.3 is 15.0 Å². The molecule has 0 radical (unpaired) electrons. The Morgan fingerprint density at radius 3 is 2.68 bits per heavy atom. The van der Waals surface area contributed by atoms with E-state index in [-0.39, 0.29) is 5.28 Å². The molecule has 0 aromatic carbocycles. The minimum atomic E-state index is -0.682. The van der Waals surface area contributed by atoms with Crippen molar-refractivity contribution in [2.24, 2.45) is 17.3 Å². The van der Waals surface area contributed by atoms with Crippen LogP contribution < -0.4 is 5.32 Å². The summed E-state index contributed by atoms with van der Waals surface area (Å²) in [6, 6.07) is 0.331. The minimum Gasteiger partial charge on any atom is -0.481 e. The van der Waals surface area contributed by atoms with Crippen molar-refractivity contribution in [1.82, 2.24) is 19.5 Å². The predicted molar refractivity (Wildman–Crippen MR) is 108 cm³/mol. The quantitative estimate of drug-likeness (QED) is 0.693. The summed E-state index contributed by atoms with van der Waals surface area (Å²) in [4.78, 5) is 24.7. The highest BCUT2D eigenvalue weighted by atomic mass is 35.5. The monoisotopic (exact) mass is 405 g/mol. The Hall–Kier alpha value is -1.89. The molecule has 0 aliphatic heterocycles. The third-order valence-electron chi connectivity index (χ3n) is 6.85. The summed E-state index contributed by atoms with van der Waals surface area (Å²) in [6.45, 7) is 4.85. The molecular formula is C20H28ClN5O2. The van der Waals surface area contributed by atoms with Crippen LogP contribution in [0.3, 0.4) is 0 Å². The van der Waals surface area contributed by atoms with Crippen LogP contribution in [0, 0.1) is 17.3 Å². The van der Waals surface area contributed by atoms with Crippen molar-refractivity contribution in [2.75, 3.05) is 5.32 Å². The van der Waals surface area contributed by atoms with E-state index in [4.69, 9.17) is 11.6 Å². The Morgan fingerprint density at radius 1 is 1.36 bits per heavy atom. The zero-order chi connectivity index (χ0) is 19.9. The summed E-state index contributed by atoms with van der Waals surface area (Å²) < 4.78 is 2.11. The largest absolute Gasteiger partial charge is 0.481 e. The van der Waals surface area contributed by atoms with Crippen molar-refractivity contribution in [3.8, 4) is 0 Å². The second kappa shape index (κ2) is 7.50. The van der Waals surface area contributed by atoms with Gasteiger partial charge in [0.15, 0.2) is 11.5 Å². The van der Waals surface area contributed by atoms with Gasteiger partial charge in [-0.25, -0.2) is 4.98 Å². The molecule has 28 heavy (non-hydrogen) atoms. The number of anilines is 1. The molecule has 0 spiro atoms. The molecule has 2 aliphatic carbocycles. The number of hydrogen-bond donors (Lipinski definition) is 2. The van der Waals surface area contributed by atoms with Gasteiger partial charge in [-0.1, -0.05) is 6.42 Å². The molecule has 0 saturated heterocycles. The molecule has 152 valence electrons. The molecule has 7 nitrogen and oxygen atoms in total. The van der Waals surface area contributed by atoms with E-state index in [1.165, 1.54) is 19.3 Å².